The minimum absolute atomic E-state index is 0.0792. The minimum atomic E-state index is -0.235. The summed E-state index contributed by atoms with van der Waals surface area (Å²) in [4.78, 5) is 14.2. The molecule has 108 valence electrons. The molecule has 0 unspecified atom stereocenters. The van der Waals surface area contributed by atoms with Crippen LogP contribution in [0.5, 0.6) is 0 Å². The first-order valence-corrected chi connectivity index (χ1v) is 7.46. The van der Waals surface area contributed by atoms with Gasteiger partial charge in [0.2, 0.25) is 5.91 Å². The average molecular weight is 281 g/mol. The van der Waals surface area contributed by atoms with Gasteiger partial charge in [-0.15, -0.1) is 0 Å². The topological polar surface area (TPSA) is 56.1 Å². The predicted octanol–water partition coefficient (Wildman–Crippen LogP) is 1.95. The van der Waals surface area contributed by atoms with Gasteiger partial charge in [0.1, 0.15) is 6.04 Å². The molecule has 0 aliphatic carbocycles. The summed E-state index contributed by atoms with van der Waals surface area (Å²) >= 11 is 0. The predicted molar refractivity (Wildman–Crippen MR) is 81.2 cm³/mol. The molecule has 0 radical (unpaired) electrons. The number of likely N-dealkylation sites (tertiary alicyclic amines) is 1. The van der Waals surface area contributed by atoms with E-state index >= 15 is 0 Å². The van der Waals surface area contributed by atoms with E-state index in [0.717, 1.165) is 25.8 Å². The van der Waals surface area contributed by atoms with Crippen molar-refractivity contribution in [2.24, 2.45) is 0 Å². The van der Waals surface area contributed by atoms with Crippen LogP contribution in [0.25, 0.3) is 6.08 Å². The first-order valence-electron chi connectivity index (χ1n) is 7.46. The Bertz CT molecular complexity index is 588. The van der Waals surface area contributed by atoms with Gasteiger partial charge in [0.15, 0.2) is 0 Å². The molecule has 2 atom stereocenters. The molecule has 1 aromatic carbocycles. The number of nitriles is 1. The van der Waals surface area contributed by atoms with Crippen molar-refractivity contribution in [2.45, 2.75) is 31.3 Å². The molecule has 1 amide bonds. The fraction of sp³-hybridized carbons (Fsp3) is 0.412. The van der Waals surface area contributed by atoms with Gasteiger partial charge in [-0.1, -0.05) is 42.0 Å². The van der Waals surface area contributed by atoms with E-state index in [4.69, 9.17) is 5.26 Å². The van der Waals surface area contributed by atoms with Crippen LogP contribution in [0.1, 0.15) is 24.8 Å². The molecule has 2 saturated heterocycles. The minimum Gasteiger partial charge on any atom is -0.325 e. The third kappa shape index (κ3) is 2.98. The van der Waals surface area contributed by atoms with Crippen molar-refractivity contribution in [3.63, 3.8) is 0 Å². The Morgan fingerprint density at radius 1 is 1.38 bits per heavy atom. The van der Waals surface area contributed by atoms with Crippen molar-refractivity contribution in [3.8, 4) is 6.07 Å². The van der Waals surface area contributed by atoms with Gasteiger partial charge in [-0.2, -0.15) is 5.26 Å². The molecular weight excluding hydrogens is 262 g/mol. The molecule has 3 rings (SSSR count). The zero-order chi connectivity index (χ0) is 14.7. The molecule has 1 N–H and O–H groups in total. The summed E-state index contributed by atoms with van der Waals surface area (Å²) in [5.74, 6) is 0.0792. The highest BCUT2D eigenvalue weighted by Crippen LogP contribution is 2.22. The van der Waals surface area contributed by atoms with Crippen LogP contribution in [0, 0.1) is 11.3 Å². The van der Waals surface area contributed by atoms with Crippen LogP contribution < -0.4 is 5.32 Å². The van der Waals surface area contributed by atoms with Crippen LogP contribution in [-0.2, 0) is 4.79 Å². The molecule has 1 aromatic rings. The Morgan fingerprint density at radius 3 is 2.95 bits per heavy atom. The number of amides is 1. The molecule has 4 nitrogen and oxygen atoms in total. The molecule has 0 saturated carbocycles. The van der Waals surface area contributed by atoms with E-state index < -0.39 is 0 Å². The van der Waals surface area contributed by atoms with Crippen LogP contribution in [0.3, 0.4) is 0 Å². The fourth-order valence-electron chi connectivity index (χ4n) is 3.10. The smallest absolute Gasteiger partial charge is 0.241 e. The lowest BCUT2D eigenvalue weighted by Crippen LogP contribution is -2.45. The molecule has 2 fully saturated rings. The summed E-state index contributed by atoms with van der Waals surface area (Å²) in [6.45, 7) is 1.46. The second kappa shape index (κ2) is 6.11. The van der Waals surface area contributed by atoms with Gasteiger partial charge >= 0.3 is 0 Å². The lowest BCUT2D eigenvalue weighted by atomic mass is 10.1. The van der Waals surface area contributed by atoms with E-state index in [1.165, 1.54) is 11.1 Å². The van der Waals surface area contributed by atoms with E-state index in [1.54, 1.807) is 4.90 Å². The summed E-state index contributed by atoms with van der Waals surface area (Å²) in [7, 11) is 0. The maximum Gasteiger partial charge on any atom is 0.241 e. The molecule has 0 aromatic heterocycles. The summed E-state index contributed by atoms with van der Waals surface area (Å²) in [5.41, 5.74) is 2.41. The number of nitrogens with one attached hydrogen (secondary N) is 1. The quantitative estimate of drug-likeness (QED) is 0.901. The molecule has 2 aliphatic rings. The summed E-state index contributed by atoms with van der Waals surface area (Å²) in [5, 5.41) is 12.4. The van der Waals surface area contributed by atoms with Crippen LogP contribution in [-0.4, -0.2) is 36.0 Å². The van der Waals surface area contributed by atoms with E-state index in [-0.39, 0.29) is 18.0 Å². The lowest BCUT2D eigenvalue weighted by Gasteiger charge is -2.22. The van der Waals surface area contributed by atoms with Crippen LogP contribution in [0.4, 0.5) is 0 Å². The maximum absolute atomic E-state index is 12.5. The third-order valence-corrected chi connectivity index (χ3v) is 4.20. The average Bonchev–Trinajstić information content (AvgIpc) is 3.16. The lowest BCUT2D eigenvalue weighted by molar-refractivity contribution is -0.132. The van der Waals surface area contributed by atoms with Crippen molar-refractivity contribution >= 4 is 12.0 Å². The van der Waals surface area contributed by atoms with E-state index in [1.807, 2.05) is 18.2 Å². The first kappa shape index (κ1) is 13.8. The molecule has 0 spiro atoms. The maximum atomic E-state index is 12.5. The van der Waals surface area contributed by atoms with Gasteiger partial charge < -0.3 is 10.2 Å². The Labute approximate surface area is 125 Å². The molecule has 2 heterocycles. The zero-order valence-corrected chi connectivity index (χ0v) is 12.0. The normalized spacial score (nSPS) is 27.0. The Kier molecular flexibility index (Phi) is 4.03. The van der Waals surface area contributed by atoms with Gasteiger partial charge in [-0.05, 0) is 24.8 Å². The van der Waals surface area contributed by atoms with Gasteiger partial charge in [-0.25, -0.2) is 0 Å². The largest absolute Gasteiger partial charge is 0.325 e. The Balaban J connectivity index is 1.66. The van der Waals surface area contributed by atoms with E-state index in [0.29, 0.717) is 6.54 Å². The van der Waals surface area contributed by atoms with Crippen LogP contribution >= 0.6 is 0 Å². The highest BCUT2D eigenvalue weighted by Gasteiger charge is 2.35. The van der Waals surface area contributed by atoms with Crippen LogP contribution in [0.15, 0.2) is 35.9 Å². The van der Waals surface area contributed by atoms with Crippen molar-refractivity contribution in [2.75, 3.05) is 13.1 Å². The summed E-state index contributed by atoms with van der Waals surface area (Å²) < 4.78 is 0. The Hall–Kier alpha value is -2.12. The molecule has 0 bridgehead atoms. The second-order valence-electron chi connectivity index (χ2n) is 5.67. The third-order valence-electron chi connectivity index (χ3n) is 4.20. The second-order valence-corrected chi connectivity index (χ2v) is 5.67. The van der Waals surface area contributed by atoms with Crippen molar-refractivity contribution in [1.82, 2.24) is 10.2 Å². The molecule has 4 heteroatoms. The number of carbonyl (C=O) groups is 1. The van der Waals surface area contributed by atoms with Gasteiger partial charge in [0, 0.05) is 13.1 Å². The van der Waals surface area contributed by atoms with Crippen molar-refractivity contribution < 1.29 is 4.79 Å². The van der Waals surface area contributed by atoms with Gasteiger partial charge in [0.05, 0.1) is 12.1 Å². The number of benzene rings is 1. The number of hydrogen-bond acceptors (Lipinski definition) is 3. The number of hydrogen-bond donors (Lipinski definition) is 1. The SMILES string of the molecule is N#C[C@@H]1CCCN1C(=O)[C@@H]1C/C(=C\c2ccccc2)CN1. The van der Waals surface area contributed by atoms with Crippen molar-refractivity contribution in [1.29, 1.82) is 5.26 Å². The van der Waals surface area contributed by atoms with Gasteiger partial charge in [-0.3, -0.25) is 4.79 Å². The molecular formula is C17H19N3O. The monoisotopic (exact) mass is 281 g/mol. The zero-order valence-electron chi connectivity index (χ0n) is 12.0. The number of rotatable bonds is 2. The summed E-state index contributed by atoms with van der Waals surface area (Å²) in [6.07, 6.45) is 4.62. The summed E-state index contributed by atoms with van der Waals surface area (Å²) in [6, 6.07) is 12.0. The van der Waals surface area contributed by atoms with E-state index in [2.05, 4.69) is 29.6 Å². The fourth-order valence-corrected chi connectivity index (χ4v) is 3.10. The highest BCUT2D eigenvalue weighted by atomic mass is 16.2. The van der Waals surface area contributed by atoms with Gasteiger partial charge in [0.25, 0.3) is 0 Å². The van der Waals surface area contributed by atoms with Crippen LogP contribution in [0.2, 0.25) is 0 Å². The molecule has 21 heavy (non-hydrogen) atoms. The first-order chi connectivity index (χ1) is 10.3. The highest BCUT2D eigenvalue weighted by molar-refractivity contribution is 5.84. The number of nitrogens with zero attached hydrogens (tertiary/aromatic N) is 2. The number of carbonyl (C=O) groups excluding carboxylic acids is 1. The Morgan fingerprint density at radius 2 is 2.19 bits per heavy atom. The standard InChI is InChI=1S/C17H19N3O/c18-11-15-7-4-8-20(15)17(21)16-10-14(12-19-16)9-13-5-2-1-3-6-13/h1-3,5-6,9,15-16,19H,4,7-8,10,12H2/b14-9+/t15-,16-/m0/s1. The molecule has 2 aliphatic heterocycles. The van der Waals surface area contributed by atoms with E-state index in [9.17, 15) is 4.79 Å². The van der Waals surface area contributed by atoms with Crippen molar-refractivity contribution in [3.05, 3.63) is 41.5 Å².